The Labute approximate surface area is 149 Å². The van der Waals surface area contributed by atoms with E-state index in [1.54, 1.807) is 9.47 Å². The van der Waals surface area contributed by atoms with Crippen molar-refractivity contribution >= 4 is 16.6 Å². The first-order chi connectivity index (χ1) is 12.4. The highest BCUT2D eigenvalue weighted by Crippen LogP contribution is 2.44. The molecule has 0 bridgehead atoms. The lowest BCUT2D eigenvalue weighted by molar-refractivity contribution is 0.203. The van der Waals surface area contributed by atoms with Crippen LogP contribution in [0.15, 0.2) is 16.9 Å². The Hall–Kier alpha value is -2.19. The molecule has 1 fully saturated rings. The van der Waals surface area contributed by atoms with Crippen molar-refractivity contribution in [3.05, 3.63) is 33.9 Å². The van der Waals surface area contributed by atoms with Crippen LogP contribution in [0.5, 0.6) is 5.75 Å². The normalized spacial score (nSPS) is 25.0. The van der Waals surface area contributed by atoms with Crippen molar-refractivity contribution in [2.24, 2.45) is 11.5 Å². The van der Waals surface area contributed by atoms with E-state index in [2.05, 4.69) is 0 Å². The second kappa shape index (κ2) is 5.92. The molecule has 3 heterocycles. The van der Waals surface area contributed by atoms with Crippen LogP contribution < -0.4 is 26.7 Å². The summed E-state index contributed by atoms with van der Waals surface area (Å²) in [5.74, 6) is -0.227. The van der Waals surface area contributed by atoms with Crippen molar-refractivity contribution in [3.8, 4) is 5.75 Å². The topological polar surface area (TPSA) is 86.5 Å². The van der Waals surface area contributed by atoms with Gasteiger partial charge >= 0.3 is 0 Å². The number of pyridine rings is 1. The van der Waals surface area contributed by atoms with E-state index < -0.39 is 11.5 Å². The van der Waals surface area contributed by atoms with Crippen LogP contribution >= 0.6 is 0 Å². The van der Waals surface area contributed by atoms with Gasteiger partial charge in [-0.05, 0) is 18.6 Å². The highest BCUT2D eigenvalue weighted by molar-refractivity contribution is 5.94. The smallest absolute Gasteiger partial charge is 0.251 e. The van der Waals surface area contributed by atoms with Crippen LogP contribution in [-0.4, -0.2) is 36.5 Å². The summed E-state index contributed by atoms with van der Waals surface area (Å²) in [7, 11) is 0. The van der Waals surface area contributed by atoms with Gasteiger partial charge in [-0.3, -0.25) is 9.36 Å². The average Bonchev–Trinajstić information content (AvgIpc) is 3.01. The number of nitrogens with zero attached hydrogens (tertiary/aromatic N) is 2. The molecule has 4 N–H and O–H groups in total. The van der Waals surface area contributed by atoms with Gasteiger partial charge in [0.1, 0.15) is 18.0 Å². The first kappa shape index (κ1) is 17.2. The predicted molar refractivity (Wildman–Crippen MR) is 96.0 cm³/mol. The van der Waals surface area contributed by atoms with Crippen molar-refractivity contribution in [2.45, 2.75) is 31.6 Å². The molecule has 2 aliphatic heterocycles. The number of hydrogen-bond acceptors (Lipinski definition) is 5. The minimum atomic E-state index is -1.55. The number of benzene rings is 1. The first-order valence-corrected chi connectivity index (χ1v) is 8.76. The summed E-state index contributed by atoms with van der Waals surface area (Å²) in [5.41, 5.74) is 10.8. The number of halogens is 2. The molecule has 0 aliphatic carbocycles. The SMILES string of the molecule is C[C@@H]1COc2c(N3CCC(F)(CN)C3)c(F)cc3c(CN)cc(=O)n1c23. The summed E-state index contributed by atoms with van der Waals surface area (Å²) in [6.45, 7) is 2.44. The van der Waals surface area contributed by atoms with Gasteiger partial charge in [-0.15, -0.1) is 0 Å². The van der Waals surface area contributed by atoms with E-state index in [1.165, 1.54) is 12.1 Å². The Balaban J connectivity index is 2.00. The van der Waals surface area contributed by atoms with Gasteiger partial charge in [0.15, 0.2) is 11.6 Å². The van der Waals surface area contributed by atoms with Crippen LogP contribution in [0, 0.1) is 5.82 Å². The quantitative estimate of drug-likeness (QED) is 0.860. The predicted octanol–water partition coefficient (Wildman–Crippen LogP) is 1.43. The molecule has 2 atom stereocenters. The lowest BCUT2D eigenvalue weighted by atomic mass is 10.0. The molecule has 6 nitrogen and oxygen atoms in total. The minimum absolute atomic E-state index is 0.00134. The van der Waals surface area contributed by atoms with Gasteiger partial charge < -0.3 is 21.1 Å². The van der Waals surface area contributed by atoms with Gasteiger partial charge in [-0.25, -0.2) is 8.78 Å². The zero-order chi connectivity index (χ0) is 18.6. The summed E-state index contributed by atoms with van der Waals surface area (Å²) < 4.78 is 37.1. The molecule has 26 heavy (non-hydrogen) atoms. The molecule has 0 amide bonds. The zero-order valence-electron chi connectivity index (χ0n) is 14.6. The van der Waals surface area contributed by atoms with E-state index in [4.69, 9.17) is 16.2 Å². The molecule has 1 unspecified atom stereocenters. The number of ether oxygens (including phenoxy) is 1. The average molecular weight is 364 g/mol. The third kappa shape index (κ3) is 2.39. The number of anilines is 1. The number of rotatable bonds is 3. The Bertz CT molecular complexity index is 945. The second-order valence-electron chi connectivity index (χ2n) is 7.20. The van der Waals surface area contributed by atoms with Crippen molar-refractivity contribution in [3.63, 3.8) is 0 Å². The standard InChI is InChI=1S/C18H22F2N4O2/c1-10-7-26-17-15-12(11(6-21)4-14(25)24(10)15)5-13(19)16(17)23-3-2-18(20,8-22)9-23/h4-5,10H,2-3,6-9,21-22H2,1H3/t10-,18?/m1/s1. The molecule has 1 saturated heterocycles. The number of hydrogen-bond donors (Lipinski definition) is 2. The van der Waals surface area contributed by atoms with Crippen LogP contribution in [0.3, 0.4) is 0 Å². The van der Waals surface area contributed by atoms with Gasteiger partial charge in [0, 0.05) is 37.5 Å². The van der Waals surface area contributed by atoms with Gasteiger partial charge in [0.05, 0.1) is 18.1 Å². The van der Waals surface area contributed by atoms with Crippen molar-refractivity contribution in [1.29, 1.82) is 0 Å². The van der Waals surface area contributed by atoms with Gasteiger partial charge in [-0.1, -0.05) is 0 Å². The summed E-state index contributed by atoms with van der Waals surface area (Å²) in [6, 6.07) is 2.63. The highest BCUT2D eigenvalue weighted by atomic mass is 19.1. The van der Waals surface area contributed by atoms with Crippen LogP contribution in [0.1, 0.15) is 24.9 Å². The molecule has 0 spiro atoms. The molecule has 1 aromatic carbocycles. The van der Waals surface area contributed by atoms with E-state index in [1.807, 2.05) is 6.92 Å². The zero-order valence-corrected chi connectivity index (χ0v) is 14.6. The third-order valence-corrected chi connectivity index (χ3v) is 5.42. The Morgan fingerprint density at radius 3 is 2.81 bits per heavy atom. The molecule has 8 heteroatoms. The van der Waals surface area contributed by atoms with E-state index in [0.717, 1.165) is 0 Å². The maximum atomic E-state index is 15.0. The van der Waals surface area contributed by atoms with Crippen molar-refractivity contribution < 1.29 is 13.5 Å². The molecule has 1 aromatic heterocycles. The van der Waals surface area contributed by atoms with Gasteiger partial charge in [-0.2, -0.15) is 0 Å². The van der Waals surface area contributed by atoms with Crippen LogP contribution in [0.2, 0.25) is 0 Å². The highest BCUT2D eigenvalue weighted by Gasteiger charge is 2.40. The van der Waals surface area contributed by atoms with Crippen LogP contribution in [0.25, 0.3) is 10.9 Å². The lowest BCUT2D eigenvalue weighted by Crippen LogP contribution is -2.37. The van der Waals surface area contributed by atoms with Crippen LogP contribution in [0.4, 0.5) is 14.5 Å². The fourth-order valence-electron chi connectivity index (χ4n) is 4.01. The number of aromatic nitrogens is 1. The molecule has 0 saturated carbocycles. The van der Waals surface area contributed by atoms with Gasteiger partial charge in [0.25, 0.3) is 5.56 Å². The van der Waals surface area contributed by atoms with Crippen molar-refractivity contribution in [1.82, 2.24) is 4.57 Å². The summed E-state index contributed by atoms with van der Waals surface area (Å²) in [4.78, 5) is 14.2. The Morgan fingerprint density at radius 2 is 2.15 bits per heavy atom. The van der Waals surface area contributed by atoms with Crippen LogP contribution in [-0.2, 0) is 6.54 Å². The van der Waals surface area contributed by atoms with Gasteiger partial charge in [0.2, 0.25) is 0 Å². The number of nitrogens with two attached hydrogens (primary N) is 2. The molecule has 0 radical (unpaired) electrons. The van der Waals surface area contributed by atoms with E-state index >= 15 is 4.39 Å². The fraction of sp³-hybridized carbons (Fsp3) is 0.500. The molecular weight excluding hydrogens is 342 g/mol. The summed E-state index contributed by atoms with van der Waals surface area (Å²) >= 11 is 0. The van der Waals surface area contributed by atoms with E-state index in [0.29, 0.717) is 23.0 Å². The second-order valence-corrected chi connectivity index (χ2v) is 7.20. The largest absolute Gasteiger partial charge is 0.487 e. The molecule has 4 rings (SSSR count). The molecule has 2 aromatic rings. The van der Waals surface area contributed by atoms with E-state index in [9.17, 15) is 9.18 Å². The maximum Gasteiger partial charge on any atom is 0.251 e. The molecule has 2 aliphatic rings. The minimum Gasteiger partial charge on any atom is -0.487 e. The monoisotopic (exact) mass is 364 g/mol. The Kier molecular flexibility index (Phi) is 3.92. The fourth-order valence-corrected chi connectivity index (χ4v) is 4.01. The molecular formula is C18H22F2N4O2. The molecule has 140 valence electrons. The lowest BCUT2D eigenvalue weighted by Gasteiger charge is -2.31. The Morgan fingerprint density at radius 1 is 1.38 bits per heavy atom. The van der Waals surface area contributed by atoms with Crippen molar-refractivity contribution in [2.75, 3.05) is 31.1 Å². The maximum absolute atomic E-state index is 15.0. The first-order valence-electron chi connectivity index (χ1n) is 8.76. The third-order valence-electron chi connectivity index (χ3n) is 5.42. The van der Waals surface area contributed by atoms with E-state index in [-0.39, 0.29) is 55.7 Å². The summed E-state index contributed by atoms with van der Waals surface area (Å²) in [5, 5.41) is 0.555. The summed E-state index contributed by atoms with van der Waals surface area (Å²) in [6.07, 6.45) is 0.229. The number of alkyl halides is 1.